The number of aromatic nitrogens is 2. The van der Waals surface area contributed by atoms with Crippen molar-refractivity contribution in [2.75, 3.05) is 11.4 Å². The fourth-order valence-corrected chi connectivity index (χ4v) is 6.98. The van der Waals surface area contributed by atoms with Crippen LogP contribution in [-0.2, 0) is 11.0 Å². The van der Waals surface area contributed by atoms with Crippen molar-refractivity contribution in [2.45, 2.75) is 50.0 Å². The molecule has 1 aliphatic carbocycles. The summed E-state index contributed by atoms with van der Waals surface area (Å²) in [7, 11) is 0. The van der Waals surface area contributed by atoms with E-state index in [9.17, 15) is 37.2 Å². The van der Waals surface area contributed by atoms with E-state index in [0.29, 0.717) is 23.7 Å². The van der Waals surface area contributed by atoms with Crippen molar-refractivity contribution < 1.29 is 31.9 Å². The molecule has 1 saturated heterocycles. The fourth-order valence-electron chi connectivity index (χ4n) is 6.98. The van der Waals surface area contributed by atoms with Gasteiger partial charge in [0.25, 0.3) is 17.7 Å². The van der Waals surface area contributed by atoms with Gasteiger partial charge in [-0.2, -0.15) is 23.5 Å². The van der Waals surface area contributed by atoms with Crippen molar-refractivity contribution in [3.05, 3.63) is 113 Å². The number of amides is 3. The number of anilines is 1. The Balaban J connectivity index is 1.43. The Morgan fingerprint density at radius 2 is 1.75 bits per heavy atom. The highest BCUT2D eigenvalue weighted by Gasteiger charge is 2.56. The maximum atomic E-state index is 14.5. The molecule has 3 aliphatic rings. The highest BCUT2D eigenvalue weighted by Crippen LogP contribution is 2.50. The third-order valence-electron chi connectivity index (χ3n) is 9.30. The van der Waals surface area contributed by atoms with Gasteiger partial charge in [-0.1, -0.05) is 36.4 Å². The monoisotopic (exact) mass is 656 g/mol. The molecule has 0 bridgehead atoms. The van der Waals surface area contributed by atoms with E-state index in [-0.39, 0.29) is 41.1 Å². The summed E-state index contributed by atoms with van der Waals surface area (Å²) in [6, 6.07) is 17.9. The molecule has 0 unspecified atom stereocenters. The summed E-state index contributed by atoms with van der Waals surface area (Å²) in [6.45, 7) is 1.79. The van der Waals surface area contributed by atoms with Gasteiger partial charge in [0.2, 0.25) is 0 Å². The number of piperidine rings is 1. The zero-order valence-corrected chi connectivity index (χ0v) is 25.5. The lowest BCUT2D eigenvalue weighted by molar-refractivity contribution is -0.137. The van der Waals surface area contributed by atoms with Gasteiger partial charge in [-0.15, -0.1) is 0 Å². The van der Waals surface area contributed by atoms with E-state index in [1.807, 2.05) is 0 Å². The van der Waals surface area contributed by atoms with Crippen molar-refractivity contribution in [1.29, 1.82) is 5.26 Å². The van der Waals surface area contributed by atoms with Gasteiger partial charge in [0.15, 0.2) is 5.69 Å². The molecule has 244 valence electrons. The summed E-state index contributed by atoms with van der Waals surface area (Å²) in [4.78, 5) is 45.4. The number of nitrogens with one attached hydrogen (secondary N) is 1. The van der Waals surface area contributed by atoms with Crippen molar-refractivity contribution in [3.63, 3.8) is 0 Å². The van der Waals surface area contributed by atoms with E-state index in [4.69, 9.17) is 5.10 Å². The number of likely N-dealkylation sites (tertiary alicyclic amines) is 1. The SMILES string of the molecule is CCN1C(=O)[C@H](NC(=O)c2cccc(C(F)(F)F)c2)[C@H](c2ccc(F)cc2)c2c(C(=O)N3[C@H](C#N)C[C@H]4C[C@H]43)nn(-c3ccccc3)c21. The van der Waals surface area contributed by atoms with Gasteiger partial charge in [-0.25, -0.2) is 9.07 Å². The molecule has 2 fully saturated rings. The average molecular weight is 657 g/mol. The van der Waals surface area contributed by atoms with E-state index in [0.717, 1.165) is 18.6 Å². The summed E-state index contributed by atoms with van der Waals surface area (Å²) >= 11 is 0. The molecular weight excluding hydrogens is 628 g/mol. The summed E-state index contributed by atoms with van der Waals surface area (Å²) in [5, 5.41) is 17.3. The van der Waals surface area contributed by atoms with Crippen molar-refractivity contribution in [3.8, 4) is 11.8 Å². The normalized spacial score (nSPS) is 22.9. The Labute approximate surface area is 272 Å². The largest absolute Gasteiger partial charge is 0.416 e. The molecule has 3 heterocycles. The van der Waals surface area contributed by atoms with E-state index in [2.05, 4.69) is 11.4 Å². The molecule has 1 saturated carbocycles. The van der Waals surface area contributed by atoms with Gasteiger partial charge in [0.05, 0.1) is 17.3 Å². The first-order chi connectivity index (χ1) is 23.0. The Morgan fingerprint density at radius 3 is 2.42 bits per heavy atom. The molecule has 1 N–H and O–H groups in total. The average Bonchev–Trinajstić information content (AvgIpc) is 3.58. The predicted octanol–water partition coefficient (Wildman–Crippen LogP) is 5.45. The summed E-state index contributed by atoms with van der Waals surface area (Å²) in [6.07, 6.45) is -3.42. The number of likely N-dealkylation sites (N-methyl/N-ethyl adjacent to an activating group) is 1. The van der Waals surface area contributed by atoms with E-state index >= 15 is 0 Å². The summed E-state index contributed by atoms with van der Waals surface area (Å²) in [5.41, 5.74) is -0.237. The van der Waals surface area contributed by atoms with Crippen LogP contribution >= 0.6 is 0 Å². The molecule has 0 radical (unpaired) electrons. The highest BCUT2D eigenvalue weighted by atomic mass is 19.4. The molecule has 13 heteroatoms. The topological polar surface area (TPSA) is 111 Å². The van der Waals surface area contributed by atoms with Crippen molar-refractivity contribution in [2.24, 2.45) is 5.92 Å². The Hall–Kier alpha value is -5.51. The second-order valence-electron chi connectivity index (χ2n) is 12.1. The van der Waals surface area contributed by atoms with Crippen LogP contribution in [0.5, 0.6) is 0 Å². The minimum absolute atomic E-state index is 0.0414. The first-order valence-corrected chi connectivity index (χ1v) is 15.5. The van der Waals surface area contributed by atoms with Crippen LogP contribution in [0.3, 0.4) is 0 Å². The van der Waals surface area contributed by atoms with Gasteiger partial charge in [0, 0.05) is 29.6 Å². The molecule has 2 aliphatic heterocycles. The minimum Gasteiger partial charge on any atom is -0.339 e. The predicted molar refractivity (Wildman–Crippen MR) is 165 cm³/mol. The first-order valence-electron chi connectivity index (χ1n) is 15.5. The molecule has 1 aromatic heterocycles. The zero-order valence-electron chi connectivity index (χ0n) is 25.5. The van der Waals surface area contributed by atoms with Gasteiger partial charge >= 0.3 is 6.18 Å². The lowest BCUT2D eigenvalue weighted by atomic mass is 9.80. The van der Waals surface area contributed by atoms with Crippen LogP contribution < -0.4 is 10.2 Å². The number of alkyl halides is 3. The molecule has 9 nitrogen and oxygen atoms in total. The molecule has 3 amide bonds. The standard InChI is InChI=1S/C35H28F4N6O3/c1-2-43-32-28(30(42-45(32)24-9-4-3-5-10-24)34(48)44-25(18-40)16-21-17-26(21)44)27(19-11-13-23(36)14-12-19)29(33(43)47)41-31(46)20-7-6-8-22(15-20)35(37,38)39/h3-15,21,25-27,29H,2,16-17H2,1H3,(H,41,46)/t21-,25-,26+,27+,29+/m0/s1. The number of hydrogen-bond donors (Lipinski definition) is 1. The van der Waals surface area contributed by atoms with E-state index in [1.165, 1.54) is 44.8 Å². The second kappa shape index (κ2) is 11.6. The van der Waals surface area contributed by atoms with Crippen molar-refractivity contribution >= 4 is 23.5 Å². The van der Waals surface area contributed by atoms with Crippen LogP contribution in [0.25, 0.3) is 5.69 Å². The molecular formula is C35H28F4N6O3. The number of halogens is 4. The number of nitrogens with zero attached hydrogens (tertiary/aromatic N) is 5. The van der Waals surface area contributed by atoms with E-state index in [1.54, 1.807) is 37.3 Å². The summed E-state index contributed by atoms with van der Waals surface area (Å²) in [5.74, 6) is -3.28. The molecule has 3 aromatic carbocycles. The summed E-state index contributed by atoms with van der Waals surface area (Å²) < 4.78 is 56.3. The number of para-hydroxylation sites is 1. The van der Waals surface area contributed by atoms with Crippen molar-refractivity contribution in [1.82, 2.24) is 20.0 Å². The van der Waals surface area contributed by atoms with Gasteiger partial charge < -0.3 is 10.2 Å². The lowest BCUT2D eigenvalue weighted by Gasteiger charge is -2.38. The third-order valence-corrected chi connectivity index (χ3v) is 9.30. The molecule has 7 rings (SSSR count). The van der Waals surface area contributed by atoms with Gasteiger partial charge in [0.1, 0.15) is 23.7 Å². The Bertz CT molecular complexity index is 1970. The maximum absolute atomic E-state index is 14.5. The number of fused-ring (bicyclic) bond motifs is 2. The number of carbonyl (C=O) groups excluding carboxylic acids is 3. The van der Waals surface area contributed by atoms with Crippen LogP contribution in [0.15, 0.2) is 78.9 Å². The zero-order chi connectivity index (χ0) is 33.9. The van der Waals surface area contributed by atoms with Gasteiger partial charge in [-0.3, -0.25) is 19.3 Å². The highest BCUT2D eigenvalue weighted by molar-refractivity contribution is 6.08. The molecule has 4 aromatic rings. The number of nitriles is 1. The Morgan fingerprint density at radius 1 is 1.02 bits per heavy atom. The maximum Gasteiger partial charge on any atom is 0.416 e. The molecule has 0 spiro atoms. The third kappa shape index (κ3) is 5.17. The number of benzene rings is 3. The van der Waals surface area contributed by atoms with Crippen LogP contribution in [0.1, 0.15) is 63.2 Å². The first kappa shape index (κ1) is 31.1. The Kier molecular flexibility index (Phi) is 7.53. The molecule has 5 atom stereocenters. The smallest absolute Gasteiger partial charge is 0.339 e. The van der Waals surface area contributed by atoms with Crippen LogP contribution in [0.2, 0.25) is 0 Å². The lowest BCUT2D eigenvalue weighted by Crippen LogP contribution is -2.55. The number of hydrogen-bond acceptors (Lipinski definition) is 5. The fraction of sp³-hybridized carbons (Fsp3) is 0.286. The van der Waals surface area contributed by atoms with Crippen LogP contribution in [-0.4, -0.2) is 57.1 Å². The number of carbonyl (C=O) groups is 3. The van der Waals surface area contributed by atoms with Gasteiger partial charge in [-0.05, 0) is 73.7 Å². The minimum atomic E-state index is -4.71. The van der Waals surface area contributed by atoms with E-state index < -0.39 is 53.3 Å². The quantitative estimate of drug-likeness (QED) is 0.278. The molecule has 48 heavy (non-hydrogen) atoms. The van der Waals surface area contributed by atoms with Crippen LogP contribution in [0.4, 0.5) is 23.4 Å². The second-order valence-corrected chi connectivity index (χ2v) is 12.1. The number of rotatable bonds is 6. The van der Waals surface area contributed by atoms with Crippen LogP contribution in [0, 0.1) is 23.1 Å².